The van der Waals surface area contributed by atoms with Crippen LogP contribution in [-0.4, -0.2) is 73.4 Å². The summed E-state index contributed by atoms with van der Waals surface area (Å²) in [7, 11) is 1.53. The van der Waals surface area contributed by atoms with Crippen LogP contribution in [0.2, 0.25) is 0 Å². The first kappa shape index (κ1) is 54.2. The van der Waals surface area contributed by atoms with Crippen molar-refractivity contribution in [2.24, 2.45) is 0 Å². The Labute approximate surface area is 349 Å². The van der Waals surface area contributed by atoms with Crippen LogP contribution in [0.4, 0.5) is 0 Å². The summed E-state index contributed by atoms with van der Waals surface area (Å²) in [5.74, 6) is -0.214. The van der Waals surface area contributed by atoms with Crippen LogP contribution in [0.3, 0.4) is 0 Å². The summed E-state index contributed by atoms with van der Waals surface area (Å²) in [4.78, 5) is 22.9. The number of nitrogens with one attached hydrogen (secondary N) is 1. The Hall–Kier alpha value is -2.84. The van der Waals surface area contributed by atoms with Crippen LogP contribution >= 0.6 is 7.82 Å². The van der Waals surface area contributed by atoms with Crippen molar-refractivity contribution in [2.75, 3.05) is 40.9 Å². The number of carbonyl (C=O) groups is 1. The van der Waals surface area contributed by atoms with Gasteiger partial charge in [-0.05, 0) is 83.5 Å². The fourth-order valence-corrected chi connectivity index (χ4v) is 6.02. The summed E-state index contributed by atoms with van der Waals surface area (Å²) in [5, 5.41) is 13.6. The Balaban J connectivity index is 4.22. The van der Waals surface area contributed by atoms with Crippen LogP contribution in [-0.2, 0) is 18.4 Å². The molecule has 3 atom stereocenters. The van der Waals surface area contributed by atoms with E-state index in [1.165, 1.54) is 6.42 Å². The van der Waals surface area contributed by atoms with Gasteiger partial charge in [-0.1, -0.05) is 155 Å². The number of nitrogens with zero attached hydrogens (tertiary/aromatic N) is 1. The van der Waals surface area contributed by atoms with E-state index in [0.717, 1.165) is 109 Å². The van der Waals surface area contributed by atoms with Gasteiger partial charge >= 0.3 is 7.82 Å². The fourth-order valence-electron chi connectivity index (χ4n) is 5.29. The van der Waals surface area contributed by atoms with Crippen LogP contribution in [0, 0.1) is 0 Å². The lowest BCUT2D eigenvalue weighted by atomic mass is 10.1. The van der Waals surface area contributed by atoms with Crippen LogP contribution in [0.5, 0.6) is 0 Å². The molecule has 0 bridgehead atoms. The molecule has 0 aliphatic rings. The van der Waals surface area contributed by atoms with E-state index in [9.17, 15) is 19.4 Å². The minimum absolute atomic E-state index is 0.0487. The number of quaternary nitrogens is 1. The van der Waals surface area contributed by atoms with Crippen molar-refractivity contribution in [1.82, 2.24) is 5.32 Å². The fraction of sp³-hybridized carbons (Fsp3) is 0.604. The number of likely N-dealkylation sites (N-methyl/N-ethyl adjacent to an activating group) is 1. The van der Waals surface area contributed by atoms with E-state index in [1.54, 1.807) is 6.08 Å². The van der Waals surface area contributed by atoms with E-state index in [2.05, 4.69) is 116 Å². The predicted octanol–water partition coefficient (Wildman–Crippen LogP) is 12.1. The van der Waals surface area contributed by atoms with E-state index >= 15 is 0 Å². The maximum atomic E-state index is 12.8. The molecule has 0 aliphatic carbocycles. The largest absolute Gasteiger partial charge is 0.472 e. The van der Waals surface area contributed by atoms with Gasteiger partial charge in [-0.2, -0.15) is 0 Å². The Kier molecular flexibility index (Phi) is 36.7. The molecule has 0 saturated carbocycles. The Bertz CT molecular complexity index is 1290. The first-order valence-corrected chi connectivity index (χ1v) is 23.3. The standard InChI is InChI=1S/C48H81N2O6P/c1-6-8-10-12-14-15-16-17-18-19-20-21-22-23-24-25-26-27-28-29-30-31-32-33-34-35-36-38-40-42-48(52)49-46(47(51)41-39-37-13-11-9-7-2)45-56-57(53,54)55-44-43-50(3,4)5/h8,10,14-15,17-18,20-21,23-24,26-27,29-30,32-33,39,41,46-47,51H,6-7,9,11-13,16,19,22,25,28,31,34-38,40,42-45H2,1-5H3,(H-,49,52,53,54)/p+1/b10-8-,15-14-,18-17-,21-20-,24-23-,27-26-,30-29-,33-32-,41-39+. The molecule has 324 valence electrons. The zero-order valence-electron chi connectivity index (χ0n) is 36.5. The van der Waals surface area contributed by atoms with Crippen molar-refractivity contribution >= 4 is 13.7 Å². The first-order valence-electron chi connectivity index (χ1n) is 21.8. The third kappa shape index (κ3) is 41.1. The average molecular weight is 814 g/mol. The summed E-state index contributed by atoms with van der Waals surface area (Å²) < 4.78 is 23.3. The zero-order chi connectivity index (χ0) is 42.1. The second-order valence-electron chi connectivity index (χ2n) is 15.3. The van der Waals surface area contributed by atoms with Gasteiger partial charge in [0.2, 0.25) is 5.91 Å². The van der Waals surface area contributed by atoms with Crippen molar-refractivity contribution in [2.45, 2.75) is 148 Å². The number of aliphatic hydroxyl groups is 1. The molecule has 0 fully saturated rings. The molecule has 0 radical (unpaired) electrons. The molecular weight excluding hydrogens is 732 g/mol. The highest BCUT2D eigenvalue weighted by molar-refractivity contribution is 7.47. The molecule has 0 aromatic carbocycles. The van der Waals surface area contributed by atoms with Gasteiger partial charge in [0, 0.05) is 6.42 Å². The third-order valence-corrected chi connectivity index (χ3v) is 9.73. The molecule has 0 saturated heterocycles. The number of rotatable bonds is 37. The normalized spacial score (nSPS) is 15.4. The summed E-state index contributed by atoms with van der Waals surface area (Å²) in [6.07, 6.45) is 56.2. The lowest BCUT2D eigenvalue weighted by molar-refractivity contribution is -0.870. The van der Waals surface area contributed by atoms with Crippen molar-refractivity contribution in [3.8, 4) is 0 Å². The number of carbonyl (C=O) groups excluding carboxylic acids is 1. The SMILES string of the molecule is CC/C=C\C/C=C\C/C=C\C/C=C\C/C=C\C/C=C\C/C=C\C/C=C\CCCCCCC(=O)NC(COP(=O)(O)OCC[N+](C)(C)C)C(O)/C=C/CCCCCC. The number of hydrogen-bond donors (Lipinski definition) is 3. The summed E-state index contributed by atoms with van der Waals surface area (Å²) >= 11 is 0. The summed E-state index contributed by atoms with van der Waals surface area (Å²) in [6.45, 7) is 4.55. The Morgan fingerprint density at radius 3 is 1.53 bits per heavy atom. The number of unbranched alkanes of at least 4 members (excludes halogenated alkanes) is 8. The lowest BCUT2D eigenvalue weighted by Gasteiger charge is -2.25. The second kappa shape index (κ2) is 38.7. The zero-order valence-corrected chi connectivity index (χ0v) is 37.4. The monoisotopic (exact) mass is 814 g/mol. The highest BCUT2D eigenvalue weighted by Crippen LogP contribution is 2.43. The van der Waals surface area contributed by atoms with E-state index in [-0.39, 0.29) is 19.1 Å². The molecule has 1 amide bonds. The minimum Gasteiger partial charge on any atom is -0.387 e. The molecule has 57 heavy (non-hydrogen) atoms. The average Bonchev–Trinajstić information content (AvgIpc) is 3.16. The molecule has 0 aromatic rings. The molecule has 0 rings (SSSR count). The third-order valence-electron chi connectivity index (χ3n) is 8.75. The maximum Gasteiger partial charge on any atom is 0.472 e. The number of aliphatic hydroxyl groups excluding tert-OH is 1. The molecule has 3 N–H and O–H groups in total. The lowest BCUT2D eigenvalue weighted by Crippen LogP contribution is -2.45. The minimum atomic E-state index is -4.34. The van der Waals surface area contributed by atoms with Gasteiger partial charge in [-0.15, -0.1) is 0 Å². The van der Waals surface area contributed by atoms with E-state index in [0.29, 0.717) is 17.4 Å². The molecule has 8 nitrogen and oxygen atoms in total. The molecular formula is C48H82N2O6P+. The van der Waals surface area contributed by atoms with Crippen molar-refractivity contribution in [3.63, 3.8) is 0 Å². The number of phosphoric ester groups is 1. The van der Waals surface area contributed by atoms with E-state index in [4.69, 9.17) is 9.05 Å². The van der Waals surface area contributed by atoms with Gasteiger partial charge in [-0.3, -0.25) is 13.8 Å². The van der Waals surface area contributed by atoms with E-state index in [1.807, 2.05) is 27.2 Å². The van der Waals surface area contributed by atoms with Crippen LogP contribution in [0.1, 0.15) is 136 Å². The topological polar surface area (TPSA) is 105 Å². The van der Waals surface area contributed by atoms with Gasteiger partial charge in [-0.25, -0.2) is 4.57 Å². The number of phosphoric acid groups is 1. The Morgan fingerprint density at radius 1 is 0.614 bits per heavy atom. The van der Waals surface area contributed by atoms with Gasteiger partial charge in [0.1, 0.15) is 13.2 Å². The van der Waals surface area contributed by atoms with Crippen LogP contribution < -0.4 is 5.32 Å². The highest BCUT2D eigenvalue weighted by Gasteiger charge is 2.27. The predicted molar refractivity (Wildman–Crippen MR) is 244 cm³/mol. The van der Waals surface area contributed by atoms with Gasteiger partial charge in [0.05, 0.1) is 39.9 Å². The van der Waals surface area contributed by atoms with Crippen molar-refractivity contribution in [3.05, 3.63) is 109 Å². The molecule has 0 spiro atoms. The van der Waals surface area contributed by atoms with Crippen LogP contribution in [0.25, 0.3) is 0 Å². The quantitative estimate of drug-likeness (QED) is 0.0250. The Morgan fingerprint density at radius 2 is 1.05 bits per heavy atom. The number of amides is 1. The van der Waals surface area contributed by atoms with Gasteiger partial charge in [0.25, 0.3) is 0 Å². The second-order valence-corrected chi connectivity index (χ2v) is 16.8. The summed E-state index contributed by atoms with van der Waals surface area (Å²) in [5.41, 5.74) is 0. The highest BCUT2D eigenvalue weighted by atomic mass is 31.2. The molecule has 0 aliphatic heterocycles. The molecule has 0 heterocycles. The number of hydrogen-bond acceptors (Lipinski definition) is 5. The van der Waals surface area contributed by atoms with Gasteiger partial charge < -0.3 is 19.8 Å². The molecule has 0 aromatic heterocycles. The van der Waals surface area contributed by atoms with E-state index < -0.39 is 20.0 Å². The van der Waals surface area contributed by atoms with Crippen LogP contribution in [0.15, 0.2) is 109 Å². The molecule has 3 unspecified atom stereocenters. The smallest absolute Gasteiger partial charge is 0.387 e. The van der Waals surface area contributed by atoms with Crippen molar-refractivity contribution < 1.29 is 32.9 Å². The summed E-state index contributed by atoms with van der Waals surface area (Å²) in [6, 6.07) is -0.864. The first-order chi connectivity index (χ1) is 27.5. The number of allylic oxidation sites excluding steroid dienone is 17. The van der Waals surface area contributed by atoms with Crippen molar-refractivity contribution in [1.29, 1.82) is 0 Å². The molecule has 9 heteroatoms. The van der Waals surface area contributed by atoms with Gasteiger partial charge in [0.15, 0.2) is 0 Å². The maximum absolute atomic E-state index is 12.8.